The molecule has 1 unspecified atom stereocenters. The molecule has 5 nitrogen and oxygen atoms in total. The Morgan fingerprint density at radius 1 is 1.07 bits per heavy atom. The summed E-state index contributed by atoms with van der Waals surface area (Å²) in [5.41, 5.74) is 5.36. The summed E-state index contributed by atoms with van der Waals surface area (Å²) < 4.78 is 6.96. The van der Waals surface area contributed by atoms with E-state index in [0.29, 0.717) is 18.8 Å². The van der Waals surface area contributed by atoms with Crippen molar-refractivity contribution < 1.29 is 9.53 Å². The Morgan fingerprint density at radius 2 is 1.83 bits per heavy atom. The smallest absolute Gasteiger partial charge is 0.262 e. The fraction of sp³-hybridized carbons (Fsp3) is 0.167. The number of carbonyl (C=O) groups is 1. The van der Waals surface area contributed by atoms with Crippen molar-refractivity contribution in [3.63, 3.8) is 0 Å². The highest BCUT2D eigenvalue weighted by Crippen LogP contribution is 2.19. The van der Waals surface area contributed by atoms with Crippen LogP contribution in [0.15, 0.2) is 88.4 Å². The first kappa shape index (κ1) is 21.6. The van der Waals surface area contributed by atoms with Gasteiger partial charge in [0.25, 0.3) is 5.91 Å². The zero-order valence-corrected chi connectivity index (χ0v) is 18.3. The Hall–Kier alpha value is -3.12. The summed E-state index contributed by atoms with van der Waals surface area (Å²) >= 11 is 3.47. The first-order valence-electron chi connectivity index (χ1n) is 9.76. The van der Waals surface area contributed by atoms with Gasteiger partial charge in [-0.2, -0.15) is 5.10 Å². The molecule has 0 heterocycles. The molecular weight excluding hydrogens is 442 g/mol. The Morgan fingerprint density at radius 3 is 2.60 bits per heavy atom. The SMILES string of the molecule is CCC(Nc1ccccc1)C(=O)N/N=C/c1ccccc1OCc1cccc(Br)c1. The van der Waals surface area contributed by atoms with Gasteiger partial charge in [0.2, 0.25) is 0 Å². The Balaban J connectivity index is 1.59. The van der Waals surface area contributed by atoms with Crippen LogP contribution >= 0.6 is 15.9 Å². The number of nitrogens with one attached hydrogen (secondary N) is 2. The van der Waals surface area contributed by atoms with Crippen LogP contribution in [-0.4, -0.2) is 18.2 Å². The lowest BCUT2D eigenvalue weighted by molar-refractivity contribution is -0.121. The van der Waals surface area contributed by atoms with E-state index in [2.05, 4.69) is 31.8 Å². The molecule has 0 saturated heterocycles. The number of hydrogen-bond acceptors (Lipinski definition) is 4. The van der Waals surface area contributed by atoms with Crippen LogP contribution in [0.3, 0.4) is 0 Å². The highest BCUT2D eigenvalue weighted by molar-refractivity contribution is 9.10. The van der Waals surface area contributed by atoms with Gasteiger partial charge >= 0.3 is 0 Å². The lowest BCUT2D eigenvalue weighted by Gasteiger charge is -2.16. The average molecular weight is 466 g/mol. The second-order valence-electron chi connectivity index (χ2n) is 6.66. The summed E-state index contributed by atoms with van der Waals surface area (Å²) in [7, 11) is 0. The van der Waals surface area contributed by atoms with E-state index in [1.54, 1.807) is 6.21 Å². The van der Waals surface area contributed by atoms with Gasteiger partial charge in [-0.15, -0.1) is 0 Å². The van der Waals surface area contributed by atoms with Crippen LogP contribution in [0.5, 0.6) is 5.75 Å². The van der Waals surface area contributed by atoms with Gasteiger partial charge in [0.05, 0.1) is 6.21 Å². The third-order valence-electron chi connectivity index (χ3n) is 4.42. The third kappa shape index (κ3) is 6.46. The number of hydrazone groups is 1. The molecule has 0 bridgehead atoms. The summed E-state index contributed by atoms with van der Waals surface area (Å²) in [5.74, 6) is 0.509. The van der Waals surface area contributed by atoms with Crippen molar-refractivity contribution >= 4 is 33.7 Å². The molecule has 3 aromatic carbocycles. The standard InChI is InChI=1S/C24H24BrN3O2/c1-2-22(27-21-12-4-3-5-13-21)24(29)28-26-16-19-10-6-7-14-23(19)30-17-18-9-8-11-20(25)15-18/h3-16,22,27H,2,17H2,1H3,(H,28,29)/b26-16+. The Labute approximate surface area is 185 Å². The summed E-state index contributed by atoms with van der Waals surface area (Å²) in [6.45, 7) is 2.39. The van der Waals surface area contributed by atoms with Crippen molar-refractivity contribution in [1.82, 2.24) is 5.43 Å². The van der Waals surface area contributed by atoms with Gasteiger partial charge in [0, 0.05) is 15.7 Å². The molecule has 1 amide bonds. The molecule has 0 spiro atoms. The Bertz CT molecular complexity index is 993. The number of benzene rings is 3. The van der Waals surface area contributed by atoms with E-state index in [1.807, 2.05) is 85.8 Å². The maximum atomic E-state index is 12.5. The molecule has 0 fully saturated rings. The maximum absolute atomic E-state index is 12.5. The van der Waals surface area contributed by atoms with Crippen LogP contribution in [-0.2, 0) is 11.4 Å². The van der Waals surface area contributed by atoms with Gasteiger partial charge in [0.15, 0.2) is 0 Å². The van der Waals surface area contributed by atoms with Crippen molar-refractivity contribution in [2.24, 2.45) is 5.10 Å². The van der Waals surface area contributed by atoms with E-state index in [4.69, 9.17) is 4.74 Å². The van der Waals surface area contributed by atoms with Gasteiger partial charge in [-0.3, -0.25) is 4.79 Å². The highest BCUT2D eigenvalue weighted by atomic mass is 79.9. The minimum atomic E-state index is -0.368. The van der Waals surface area contributed by atoms with E-state index in [1.165, 1.54) is 0 Å². The van der Waals surface area contributed by atoms with Crippen LogP contribution < -0.4 is 15.5 Å². The molecule has 6 heteroatoms. The van der Waals surface area contributed by atoms with E-state index in [0.717, 1.165) is 21.3 Å². The molecule has 0 radical (unpaired) electrons. The number of rotatable bonds is 9. The number of ether oxygens (including phenoxy) is 1. The number of nitrogens with zero attached hydrogens (tertiary/aromatic N) is 1. The van der Waals surface area contributed by atoms with E-state index < -0.39 is 0 Å². The number of amides is 1. The van der Waals surface area contributed by atoms with Crippen LogP contribution in [0.25, 0.3) is 0 Å². The van der Waals surface area contributed by atoms with Gasteiger partial charge in [-0.05, 0) is 48.4 Å². The molecule has 30 heavy (non-hydrogen) atoms. The summed E-state index contributed by atoms with van der Waals surface area (Å²) in [6, 6.07) is 24.8. The molecule has 1 atom stereocenters. The predicted octanol–water partition coefficient (Wildman–Crippen LogP) is 5.37. The molecule has 3 aromatic rings. The quantitative estimate of drug-likeness (QED) is 0.329. The maximum Gasteiger partial charge on any atom is 0.262 e. The first-order valence-corrected chi connectivity index (χ1v) is 10.6. The normalized spacial score (nSPS) is 11.8. The topological polar surface area (TPSA) is 62.7 Å². The second kappa shape index (κ2) is 11.2. The first-order chi connectivity index (χ1) is 14.7. The molecule has 0 aliphatic heterocycles. The molecule has 0 aliphatic rings. The van der Waals surface area contributed by atoms with Gasteiger partial charge in [-0.1, -0.05) is 65.3 Å². The van der Waals surface area contributed by atoms with Crippen molar-refractivity contribution in [1.29, 1.82) is 0 Å². The van der Waals surface area contributed by atoms with Gasteiger partial charge in [-0.25, -0.2) is 5.43 Å². The molecule has 0 aliphatic carbocycles. The molecular formula is C24H24BrN3O2. The van der Waals surface area contributed by atoms with Crippen molar-refractivity contribution in [3.8, 4) is 5.75 Å². The predicted molar refractivity (Wildman–Crippen MR) is 125 cm³/mol. The Kier molecular flexibility index (Phi) is 8.03. The lowest BCUT2D eigenvalue weighted by atomic mass is 10.2. The van der Waals surface area contributed by atoms with E-state index in [-0.39, 0.29) is 11.9 Å². The monoisotopic (exact) mass is 465 g/mol. The largest absolute Gasteiger partial charge is 0.488 e. The van der Waals surface area contributed by atoms with Crippen LogP contribution in [0.2, 0.25) is 0 Å². The summed E-state index contributed by atoms with van der Waals surface area (Å²) in [6.07, 6.45) is 2.24. The summed E-state index contributed by atoms with van der Waals surface area (Å²) in [5, 5.41) is 7.35. The zero-order chi connectivity index (χ0) is 21.2. The highest BCUT2D eigenvalue weighted by Gasteiger charge is 2.15. The van der Waals surface area contributed by atoms with Crippen LogP contribution in [0.4, 0.5) is 5.69 Å². The molecule has 0 saturated carbocycles. The van der Waals surface area contributed by atoms with Gasteiger partial charge < -0.3 is 10.1 Å². The molecule has 154 valence electrons. The third-order valence-corrected chi connectivity index (χ3v) is 4.91. The fourth-order valence-corrected chi connectivity index (χ4v) is 3.29. The number of para-hydroxylation sites is 2. The zero-order valence-electron chi connectivity index (χ0n) is 16.7. The second-order valence-corrected chi connectivity index (χ2v) is 7.58. The van der Waals surface area contributed by atoms with Crippen molar-refractivity contribution in [3.05, 3.63) is 94.5 Å². The van der Waals surface area contributed by atoms with Crippen molar-refractivity contribution in [2.45, 2.75) is 26.0 Å². The van der Waals surface area contributed by atoms with Crippen LogP contribution in [0, 0.1) is 0 Å². The minimum absolute atomic E-state index is 0.190. The number of hydrogen-bond donors (Lipinski definition) is 2. The van der Waals surface area contributed by atoms with Crippen molar-refractivity contribution in [2.75, 3.05) is 5.32 Å². The lowest BCUT2D eigenvalue weighted by Crippen LogP contribution is -2.36. The molecule has 3 rings (SSSR count). The number of carbonyl (C=O) groups excluding carboxylic acids is 1. The minimum Gasteiger partial charge on any atom is -0.488 e. The fourth-order valence-electron chi connectivity index (χ4n) is 2.84. The van der Waals surface area contributed by atoms with E-state index >= 15 is 0 Å². The van der Waals surface area contributed by atoms with Crippen LogP contribution in [0.1, 0.15) is 24.5 Å². The molecule has 2 N–H and O–H groups in total. The van der Waals surface area contributed by atoms with E-state index in [9.17, 15) is 4.79 Å². The van der Waals surface area contributed by atoms with Gasteiger partial charge in [0.1, 0.15) is 18.4 Å². The molecule has 0 aromatic heterocycles. The average Bonchev–Trinajstić information content (AvgIpc) is 2.77. The number of halogens is 1. The summed E-state index contributed by atoms with van der Waals surface area (Å²) in [4.78, 5) is 12.5. The number of anilines is 1.